The second-order valence-corrected chi connectivity index (χ2v) is 5.60. The lowest BCUT2D eigenvalue weighted by Crippen LogP contribution is -2.40. The van der Waals surface area contributed by atoms with Crippen molar-refractivity contribution in [1.82, 2.24) is 5.32 Å². The van der Waals surface area contributed by atoms with Crippen molar-refractivity contribution >= 4 is 21.8 Å². The van der Waals surface area contributed by atoms with Crippen LogP contribution in [0.1, 0.15) is 52.4 Å². The maximum atomic E-state index is 11.9. The molecule has 0 aromatic heterocycles. The van der Waals surface area contributed by atoms with E-state index in [1.807, 2.05) is 0 Å². The molecule has 0 atom stereocenters. The van der Waals surface area contributed by atoms with Crippen molar-refractivity contribution in [3.8, 4) is 0 Å². The first-order chi connectivity index (χ1) is 7.67. The van der Waals surface area contributed by atoms with Crippen molar-refractivity contribution in [2.75, 3.05) is 11.9 Å². The van der Waals surface area contributed by atoms with Gasteiger partial charge in [0.1, 0.15) is 0 Å². The summed E-state index contributed by atoms with van der Waals surface area (Å²) >= 11 is 3.58. The fourth-order valence-corrected chi connectivity index (χ4v) is 3.33. The van der Waals surface area contributed by atoms with Gasteiger partial charge in [0.2, 0.25) is 5.91 Å². The molecule has 0 saturated heterocycles. The summed E-state index contributed by atoms with van der Waals surface area (Å²) in [6.45, 7) is 5.22. The quantitative estimate of drug-likeness (QED) is 0.745. The third-order valence-corrected chi connectivity index (χ3v) is 5.34. The maximum Gasteiger partial charge on any atom is 0.223 e. The highest BCUT2D eigenvalue weighted by molar-refractivity contribution is 9.09. The van der Waals surface area contributed by atoms with Crippen LogP contribution in [0, 0.1) is 11.3 Å². The van der Waals surface area contributed by atoms with Gasteiger partial charge in [0.25, 0.3) is 0 Å². The molecular weight excluding hydrogens is 266 g/mol. The van der Waals surface area contributed by atoms with Gasteiger partial charge in [0, 0.05) is 17.8 Å². The van der Waals surface area contributed by atoms with E-state index in [-0.39, 0.29) is 11.3 Å². The van der Waals surface area contributed by atoms with Crippen LogP contribution in [-0.4, -0.2) is 17.8 Å². The van der Waals surface area contributed by atoms with E-state index in [1.165, 1.54) is 12.8 Å². The second-order valence-electron chi connectivity index (χ2n) is 5.04. The van der Waals surface area contributed by atoms with Crippen LogP contribution in [0.5, 0.6) is 0 Å². The topological polar surface area (TPSA) is 29.1 Å². The average Bonchev–Trinajstić information content (AvgIpc) is 2.85. The van der Waals surface area contributed by atoms with Crippen molar-refractivity contribution in [2.45, 2.75) is 52.4 Å². The average molecular weight is 290 g/mol. The van der Waals surface area contributed by atoms with Crippen LogP contribution in [0.15, 0.2) is 0 Å². The summed E-state index contributed by atoms with van der Waals surface area (Å²) in [6.07, 6.45) is 6.85. The molecule has 1 N–H and O–H groups in total. The number of alkyl halides is 1. The molecule has 1 aliphatic rings. The van der Waals surface area contributed by atoms with Crippen molar-refractivity contribution in [2.24, 2.45) is 11.3 Å². The summed E-state index contributed by atoms with van der Waals surface area (Å²) in [7, 11) is 0. The van der Waals surface area contributed by atoms with Crippen LogP contribution in [0.25, 0.3) is 0 Å². The molecule has 1 fully saturated rings. The first-order valence-corrected chi connectivity index (χ1v) is 7.63. The predicted molar refractivity (Wildman–Crippen MR) is 71.8 cm³/mol. The number of carbonyl (C=O) groups excluding carboxylic acids is 1. The Hall–Kier alpha value is -0.0500. The summed E-state index contributed by atoms with van der Waals surface area (Å²) in [5, 5.41) is 4.12. The Morgan fingerprint density at radius 1 is 1.31 bits per heavy atom. The number of amides is 1. The molecule has 3 heteroatoms. The first kappa shape index (κ1) is 14.0. The van der Waals surface area contributed by atoms with E-state index in [9.17, 15) is 4.79 Å². The fraction of sp³-hybridized carbons (Fsp3) is 0.923. The molecule has 0 aromatic rings. The number of hydrogen-bond donors (Lipinski definition) is 1. The summed E-state index contributed by atoms with van der Waals surface area (Å²) in [6, 6.07) is 0. The Morgan fingerprint density at radius 3 is 2.31 bits per heavy atom. The molecule has 0 aliphatic heterocycles. The Morgan fingerprint density at radius 2 is 1.88 bits per heavy atom. The van der Waals surface area contributed by atoms with E-state index in [4.69, 9.17) is 0 Å². The number of hydrogen-bond acceptors (Lipinski definition) is 1. The zero-order chi connectivity index (χ0) is 12.0. The van der Waals surface area contributed by atoms with Crippen LogP contribution in [0.2, 0.25) is 0 Å². The lowest BCUT2D eigenvalue weighted by Gasteiger charge is -2.30. The first-order valence-electron chi connectivity index (χ1n) is 6.51. The molecule has 0 bridgehead atoms. The summed E-state index contributed by atoms with van der Waals surface area (Å²) < 4.78 is 0. The van der Waals surface area contributed by atoms with Crippen molar-refractivity contribution in [3.05, 3.63) is 0 Å². The molecule has 94 valence electrons. The fourth-order valence-electron chi connectivity index (χ4n) is 2.34. The third-order valence-electron chi connectivity index (χ3n) is 4.15. The van der Waals surface area contributed by atoms with Crippen molar-refractivity contribution in [1.29, 1.82) is 0 Å². The van der Waals surface area contributed by atoms with Crippen LogP contribution < -0.4 is 5.32 Å². The molecular formula is C13H24BrNO. The van der Waals surface area contributed by atoms with Gasteiger partial charge >= 0.3 is 0 Å². The molecule has 1 aliphatic carbocycles. The highest BCUT2D eigenvalue weighted by atomic mass is 79.9. The third kappa shape index (κ3) is 3.47. The molecule has 2 nitrogen and oxygen atoms in total. The van der Waals surface area contributed by atoms with E-state index in [0.29, 0.717) is 5.92 Å². The minimum Gasteiger partial charge on any atom is -0.355 e. The molecule has 1 saturated carbocycles. The normalized spacial score (nSPS) is 17.7. The van der Waals surface area contributed by atoms with E-state index < -0.39 is 0 Å². The Labute approximate surface area is 108 Å². The van der Waals surface area contributed by atoms with Gasteiger partial charge < -0.3 is 5.32 Å². The molecule has 1 amide bonds. The van der Waals surface area contributed by atoms with Crippen molar-refractivity contribution in [3.63, 3.8) is 0 Å². The van der Waals surface area contributed by atoms with Gasteiger partial charge in [0.05, 0.1) is 0 Å². The SMILES string of the molecule is CCC(CC)(CBr)CNC(=O)C1CCCC1. The van der Waals surface area contributed by atoms with E-state index in [1.54, 1.807) is 0 Å². The summed E-state index contributed by atoms with van der Waals surface area (Å²) in [4.78, 5) is 11.9. The maximum absolute atomic E-state index is 11.9. The van der Waals surface area contributed by atoms with Gasteiger partial charge in [-0.3, -0.25) is 4.79 Å². The smallest absolute Gasteiger partial charge is 0.223 e. The van der Waals surface area contributed by atoms with Gasteiger partial charge in [0.15, 0.2) is 0 Å². The standard InChI is InChI=1S/C13H24BrNO/c1-3-13(4-2,9-14)10-15-12(16)11-7-5-6-8-11/h11H,3-10H2,1-2H3,(H,15,16). The molecule has 0 aromatic carbocycles. The minimum absolute atomic E-state index is 0.244. The van der Waals surface area contributed by atoms with E-state index >= 15 is 0 Å². The van der Waals surface area contributed by atoms with Gasteiger partial charge in [-0.15, -0.1) is 0 Å². The lowest BCUT2D eigenvalue weighted by molar-refractivity contribution is -0.125. The number of carbonyl (C=O) groups is 1. The molecule has 1 rings (SSSR count). The van der Waals surface area contributed by atoms with Gasteiger partial charge in [-0.2, -0.15) is 0 Å². The zero-order valence-electron chi connectivity index (χ0n) is 10.5. The van der Waals surface area contributed by atoms with Crippen LogP contribution in [0.3, 0.4) is 0 Å². The molecule has 16 heavy (non-hydrogen) atoms. The number of halogens is 1. The second kappa shape index (κ2) is 6.63. The van der Waals surface area contributed by atoms with Crippen LogP contribution >= 0.6 is 15.9 Å². The molecule has 0 radical (unpaired) electrons. The Bertz CT molecular complexity index is 212. The summed E-state index contributed by atoms with van der Waals surface area (Å²) in [5.41, 5.74) is 0.244. The highest BCUT2D eigenvalue weighted by Crippen LogP contribution is 2.29. The number of rotatable bonds is 6. The lowest BCUT2D eigenvalue weighted by atomic mass is 9.84. The molecule has 0 unspecified atom stereocenters. The van der Waals surface area contributed by atoms with Crippen LogP contribution in [-0.2, 0) is 4.79 Å². The van der Waals surface area contributed by atoms with Crippen LogP contribution in [0.4, 0.5) is 0 Å². The Kier molecular flexibility index (Phi) is 5.81. The Balaban J connectivity index is 2.39. The minimum atomic E-state index is 0.244. The highest BCUT2D eigenvalue weighted by Gasteiger charge is 2.28. The molecule has 0 heterocycles. The van der Waals surface area contributed by atoms with Gasteiger partial charge in [-0.25, -0.2) is 0 Å². The van der Waals surface area contributed by atoms with Gasteiger partial charge in [-0.1, -0.05) is 42.6 Å². The largest absolute Gasteiger partial charge is 0.355 e. The summed E-state index contributed by atoms with van der Waals surface area (Å²) in [5.74, 6) is 0.575. The van der Waals surface area contributed by atoms with E-state index in [0.717, 1.165) is 37.6 Å². The molecule has 0 spiro atoms. The number of nitrogens with one attached hydrogen (secondary N) is 1. The van der Waals surface area contributed by atoms with Gasteiger partial charge in [-0.05, 0) is 31.1 Å². The monoisotopic (exact) mass is 289 g/mol. The van der Waals surface area contributed by atoms with Crippen molar-refractivity contribution < 1.29 is 4.79 Å². The predicted octanol–water partition coefficient (Wildman–Crippen LogP) is 3.49. The van der Waals surface area contributed by atoms with E-state index in [2.05, 4.69) is 35.1 Å². The zero-order valence-corrected chi connectivity index (χ0v) is 12.1.